The monoisotopic (exact) mass is 505 g/mol. The zero-order valence-electron chi connectivity index (χ0n) is 16.6. The van der Waals surface area contributed by atoms with Crippen LogP contribution in [0.3, 0.4) is 0 Å². The number of thioether (sulfide) groups is 1. The number of fused-ring (bicyclic) bond motifs is 1. The molecule has 2 unspecified atom stereocenters. The summed E-state index contributed by atoms with van der Waals surface area (Å²) < 4.78 is 5.75. The van der Waals surface area contributed by atoms with Gasteiger partial charge >= 0.3 is 0 Å². The quantitative estimate of drug-likeness (QED) is 0.317. The fourth-order valence-corrected chi connectivity index (χ4v) is 5.15. The van der Waals surface area contributed by atoms with Crippen molar-refractivity contribution >= 4 is 64.1 Å². The minimum absolute atomic E-state index is 0.113. The van der Waals surface area contributed by atoms with Gasteiger partial charge in [-0.1, -0.05) is 43.1 Å². The summed E-state index contributed by atoms with van der Waals surface area (Å²) >= 11 is 26.1. The van der Waals surface area contributed by atoms with Crippen molar-refractivity contribution in [3.05, 3.63) is 57.6 Å². The number of amides is 1. The summed E-state index contributed by atoms with van der Waals surface area (Å²) in [5.74, 6) is -0.0820. The van der Waals surface area contributed by atoms with Gasteiger partial charge in [0.1, 0.15) is 5.75 Å². The second kappa shape index (κ2) is 10.7. The molecular weight excluding hydrogens is 484 g/mol. The van der Waals surface area contributed by atoms with E-state index in [2.05, 4.69) is 37.4 Å². The van der Waals surface area contributed by atoms with E-state index in [0.717, 1.165) is 24.8 Å². The predicted molar refractivity (Wildman–Crippen MR) is 128 cm³/mol. The summed E-state index contributed by atoms with van der Waals surface area (Å²) in [6, 6.07) is 11.1. The molecule has 0 fully saturated rings. The number of ether oxygens (including phenoxy) is 1. The minimum atomic E-state index is -1.10. The first-order valence-electron chi connectivity index (χ1n) is 9.74. The topological polar surface area (TPSA) is 38.3 Å². The SMILES string of the molecule is CC(C)Sc1ccc2c(c1)CCCC2NC(=O)C(Oc1ccc(Cl)cc1Cl)C(Cl)Cl. The van der Waals surface area contributed by atoms with E-state index in [4.69, 9.17) is 51.1 Å². The number of rotatable bonds is 7. The molecule has 0 bridgehead atoms. The molecule has 1 aliphatic rings. The molecule has 0 saturated carbocycles. The molecule has 1 aliphatic carbocycles. The van der Waals surface area contributed by atoms with Gasteiger partial charge < -0.3 is 10.1 Å². The second-order valence-electron chi connectivity index (χ2n) is 7.43. The number of hydrogen-bond acceptors (Lipinski definition) is 3. The van der Waals surface area contributed by atoms with E-state index < -0.39 is 10.9 Å². The number of carbonyl (C=O) groups excluding carboxylic acids is 1. The van der Waals surface area contributed by atoms with Gasteiger partial charge in [0.05, 0.1) is 11.1 Å². The lowest BCUT2D eigenvalue weighted by Crippen LogP contribution is -2.44. The number of hydrogen-bond donors (Lipinski definition) is 1. The summed E-state index contributed by atoms with van der Waals surface area (Å²) in [7, 11) is 0. The number of nitrogens with one attached hydrogen (secondary N) is 1. The molecule has 30 heavy (non-hydrogen) atoms. The van der Waals surface area contributed by atoms with E-state index in [1.165, 1.54) is 16.5 Å². The molecule has 0 spiro atoms. The molecule has 0 saturated heterocycles. The molecule has 1 N–H and O–H groups in total. The van der Waals surface area contributed by atoms with E-state index in [9.17, 15) is 4.79 Å². The summed E-state index contributed by atoms with van der Waals surface area (Å²) in [5.41, 5.74) is 2.40. The molecule has 0 aromatic heterocycles. The fourth-order valence-electron chi connectivity index (χ4n) is 3.47. The second-order valence-corrected chi connectivity index (χ2v) is 11.1. The van der Waals surface area contributed by atoms with E-state index in [-0.39, 0.29) is 17.0 Å². The van der Waals surface area contributed by atoms with Crippen LogP contribution in [0.5, 0.6) is 5.75 Å². The Morgan fingerprint density at radius 2 is 1.93 bits per heavy atom. The molecule has 2 aromatic carbocycles. The molecule has 3 nitrogen and oxygen atoms in total. The van der Waals surface area contributed by atoms with Crippen molar-refractivity contribution < 1.29 is 9.53 Å². The van der Waals surface area contributed by atoms with Crippen molar-refractivity contribution in [2.45, 2.75) is 60.2 Å². The number of carbonyl (C=O) groups is 1. The third-order valence-electron chi connectivity index (χ3n) is 4.75. The Labute approximate surface area is 201 Å². The van der Waals surface area contributed by atoms with Crippen LogP contribution in [0.4, 0.5) is 0 Å². The predicted octanol–water partition coefficient (Wildman–Crippen LogP) is 7.24. The Kier molecular flexibility index (Phi) is 8.51. The third kappa shape index (κ3) is 6.14. The zero-order chi connectivity index (χ0) is 21.8. The first-order chi connectivity index (χ1) is 14.2. The highest BCUT2D eigenvalue weighted by Gasteiger charge is 2.31. The van der Waals surface area contributed by atoms with Crippen molar-refractivity contribution in [1.29, 1.82) is 0 Å². The van der Waals surface area contributed by atoms with E-state index >= 15 is 0 Å². The number of alkyl halides is 2. The van der Waals surface area contributed by atoms with Gasteiger partial charge in [-0.05, 0) is 60.7 Å². The largest absolute Gasteiger partial charge is 0.476 e. The molecular formula is C22H23Cl4NO2S. The van der Waals surface area contributed by atoms with Crippen molar-refractivity contribution in [3.63, 3.8) is 0 Å². The molecule has 3 rings (SSSR count). The van der Waals surface area contributed by atoms with Crippen LogP contribution >= 0.6 is 58.2 Å². The van der Waals surface area contributed by atoms with E-state index in [0.29, 0.717) is 16.0 Å². The average molecular weight is 507 g/mol. The van der Waals surface area contributed by atoms with Gasteiger partial charge in [-0.2, -0.15) is 0 Å². The highest BCUT2D eigenvalue weighted by atomic mass is 35.5. The first kappa shape index (κ1) is 23.9. The first-order valence-corrected chi connectivity index (χ1v) is 12.2. The maximum Gasteiger partial charge on any atom is 0.264 e. The lowest BCUT2D eigenvalue weighted by Gasteiger charge is -2.29. The maximum absolute atomic E-state index is 13.0. The van der Waals surface area contributed by atoms with Crippen LogP contribution in [-0.2, 0) is 11.2 Å². The summed E-state index contributed by atoms with van der Waals surface area (Å²) in [6.07, 6.45) is 1.74. The van der Waals surface area contributed by atoms with Crippen molar-refractivity contribution in [2.24, 2.45) is 0 Å². The summed E-state index contributed by atoms with van der Waals surface area (Å²) in [6.45, 7) is 4.35. The normalized spacial score (nSPS) is 17.0. The summed E-state index contributed by atoms with van der Waals surface area (Å²) in [4.78, 5) is 13.2. The molecule has 0 heterocycles. The van der Waals surface area contributed by atoms with Gasteiger partial charge in [0.25, 0.3) is 5.91 Å². The zero-order valence-corrected chi connectivity index (χ0v) is 20.5. The van der Waals surface area contributed by atoms with Crippen LogP contribution in [0.2, 0.25) is 10.0 Å². The lowest BCUT2D eigenvalue weighted by molar-refractivity contribution is -0.128. The van der Waals surface area contributed by atoms with Gasteiger partial charge in [-0.15, -0.1) is 35.0 Å². The Morgan fingerprint density at radius 3 is 2.60 bits per heavy atom. The van der Waals surface area contributed by atoms with Gasteiger partial charge in [0, 0.05) is 15.2 Å². The molecule has 2 atom stereocenters. The Bertz CT molecular complexity index is 907. The Hall–Kier alpha value is -0.780. The average Bonchev–Trinajstić information content (AvgIpc) is 2.66. The van der Waals surface area contributed by atoms with Gasteiger partial charge in [0.2, 0.25) is 6.10 Å². The molecule has 0 radical (unpaired) electrons. The van der Waals surface area contributed by atoms with Crippen LogP contribution in [-0.4, -0.2) is 22.1 Å². The number of aryl methyl sites for hydroxylation is 1. The standard InChI is InChI=1S/C22H23Cl4NO2S/c1-12(2)30-15-7-8-16-13(10-15)4-3-5-18(16)27-22(28)20(21(25)26)29-19-9-6-14(23)11-17(19)24/h6-12,18,20-21H,3-5H2,1-2H3,(H,27,28). The Balaban J connectivity index is 1.75. The Morgan fingerprint density at radius 1 is 1.17 bits per heavy atom. The smallest absolute Gasteiger partial charge is 0.264 e. The maximum atomic E-state index is 13.0. The van der Waals surface area contributed by atoms with Gasteiger partial charge in [-0.25, -0.2) is 0 Å². The molecule has 162 valence electrons. The lowest BCUT2D eigenvalue weighted by atomic mass is 9.87. The van der Waals surface area contributed by atoms with Gasteiger partial charge in [0.15, 0.2) is 4.84 Å². The van der Waals surface area contributed by atoms with Crippen LogP contribution in [0.1, 0.15) is 43.9 Å². The molecule has 8 heteroatoms. The summed E-state index contributed by atoms with van der Waals surface area (Å²) in [5, 5.41) is 4.33. The molecule has 1 amide bonds. The van der Waals surface area contributed by atoms with Crippen LogP contribution in [0.15, 0.2) is 41.3 Å². The van der Waals surface area contributed by atoms with E-state index in [1.807, 2.05) is 11.8 Å². The minimum Gasteiger partial charge on any atom is -0.476 e. The number of benzene rings is 2. The van der Waals surface area contributed by atoms with Crippen LogP contribution in [0.25, 0.3) is 0 Å². The third-order valence-corrected chi connectivity index (χ3v) is 6.74. The van der Waals surface area contributed by atoms with Crippen molar-refractivity contribution in [3.8, 4) is 5.75 Å². The van der Waals surface area contributed by atoms with Crippen molar-refractivity contribution in [2.75, 3.05) is 0 Å². The molecule has 0 aliphatic heterocycles. The highest BCUT2D eigenvalue weighted by molar-refractivity contribution is 7.99. The fraction of sp³-hybridized carbons (Fsp3) is 0.409. The highest BCUT2D eigenvalue weighted by Crippen LogP contribution is 2.35. The molecule has 2 aromatic rings. The van der Waals surface area contributed by atoms with E-state index in [1.54, 1.807) is 12.1 Å². The van der Waals surface area contributed by atoms with Gasteiger partial charge in [-0.3, -0.25) is 4.79 Å². The van der Waals surface area contributed by atoms with Crippen LogP contribution in [0, 0.1) is 0 Å². The van der Waals surface area contributed by atoms with Crippen molar-refractivity contribution in [1.82, 2.24) is 5.32 Å². The number of halogens is 4. The van der Waals surface area contributed by atoms with Crippen LogP contribution < -0.4 is 10.1 Å².